The van der Waals surface area contributed by atoms with Crippen molar-refractivity contribution >= 4 is 33.3 Å². The average Bonchev–Trinajstić information content (AvgIpc) is 2.76. The number of carbonyl (C=O) groups is 1. The summed E-state index contributed by atoms with van der Waals surface area (Å²) in [6.07, 6.45) is 1.34. The van der Waals surface area contributed by atoms with Gasteiger partial charge in [-0.1, -0.05) is 11.6 Å². The van der Waals surface area contributed by atoms with Crippen LogP contribution in [0.15, 0.2) is 22.8 Å². The molecule has 0 atom stereocenters. The Kier molecular flexibility index (Phi) is 4.01. The van der Waals surface area contributed by atoms with Crippen LogP contribution < -0.4 is 0 Å². The highest BCUT2D eigenvalue weighted by Crippen LogP contribution is 2.27. The summed E-state index contributed by atoms with van der Waals surface area (Å²) in [6.45, 7) is 2.23. The van der Waals surface area contributed by atoms with Gasteiger partial charge >= 0.3 is 0 Å². The molecule has 0 saturated carbocycles. The first kappa shape index (κ1) is 14.1. The molecule has 0 aliphatic carbocycles. The predicted molar refractivity (Wildman–Crippen MR) is 70.4 cm³/mol. The Bertz CT molecular complexity index is 657. The van der Waals surface area contributed by atoms with Crippen molar-refractivity contribution in [3.05, 3.63) is 50.7 Å². The SMILES string of the molecule is CCn1ncc(Cl)c1C(=O)c1ccc(F)c(F)c1Br. The summed E-state index contributed by atoms with van der Waals surface area (Å²) in [7, 11) is 0. The van der Waals surface area contributed by atoms with E-state index in [-0.39, 0.29) is 20.8 Å². The lowest BCUT2D eigenvalue weighted by Crippen LogP contribution is -2.12. The zero-order valence-corrected chi connectivity index (χ0v) is 12.1. The van der Waals surface area contributed by atoms with Gasteiger partial charge in [0.15, 0.2) is 11.6 Å². The van der Waals surface area contributed by atoms with Crippen LogP contribution in [-0.2, 0) is 6.54 Å². The molecule has 0 radical (unpaired) electrons. The van der Waals surface area contributed by atoms with Crippen molar-refractivity contribution in [2.24, 2.45) is 0 Å². The van der Waals surface area contributed by atoms with E-state index in [1.54, 1.807) is 6.92 Å². The second kappa shape index (κ2) is 5.38. The summed E-state index contributed by atoms with van der Waals surface area (Å²) in [4.78, 5) is 12.3. The number of ketones is 1. The Morgan fingerprint density at radius 1 is 1.47 bits per heavy atom. The van der Waals surface area contributed by atoms with Crippen LogP contribution in [0.3, 0.4) is 0 Å². The fraction of sp³-hybridized carbons (Fsp3) is 0.167. The van der Waals surface area contributed by atoms with Crippen molar-refractivity contribution in [3.8, 4) is 0 Å². The van der Waals surface area contributed by atoms with Crippen LogP contribution in [0, 0.1) is 11.6 Å². The van der Waals surface area contributed by atoms with Crippen molar-refractivity contribution in [2.45, 2.75) is 13.5 Å². The van der Waals surface area contributed by atoms with Crippen LogP contribution in [-0.4, -0.2) is 15.6 Å². The highest BCUT2D eigenvalue weighted by molar-refractivity contribution is 9.10. The first-order valence-electron chi connectivity index (χ1n) is 5.36. The number of benzene rings is 1. The lowest BCUT2D eigenvalue weighted by atomic mass is 10.1. The molecule has 0 saturated heterocycles. The molecule has 2 aromatic rings. The third-order valence-electron chi connectivity index (χ3n) is 2.59. The minimum absolute atomic E-state index is 0.00370. The molecule has 0 aliphatic rings. The number of carbonyl (C=O) groups excluding carboxylic acids is 1. The van der Waals surface area contributed by atoms with E-state index in [4.69, 9.17) is 11.6 Å². The second-order valence-electron chi connectivity index (χ2n) is 3.71. The quantitative estimate of drug-likeness (QED) is 0.623. The number of aromatic nitrogens is 2. The molecule has 0 N–H and O–H groups in total. The van der Waals surface area contributed by atoms with Gasteiger partial charge in [0, 0.05) is 12.1 Å². The molecule has 1 aromatic heterocycles. The molecule has 0 fully saturated rings. The van der Waals surface area contributed by atoms with Crippen molar-refractivity contribution in [3.63, 3.8) is 0 Å². The largest absolute Gasteiger partial charge is 0.287 e. The summed E-state index contributed by atoms with van der Waals surface area (Å²) in [5.41, 5.74) is 0.145. The summed E-state index contributed by atoms with van der Waals surface area (Å²) < 4.78 is 27.7. The van der Waals surface area contributed by atoms with Gasteiger partial charge in [-0.2, -0.15) is 5.10 Å². The molecule has 0 amide bonds. The summed E-state index contributed by atoms with van der Waals surface area (Å²) in [5, 5.41) is 4.10. The smallest absolute Gasteiger partial charge is 0.213 e. The molecule has 0 spiro atoms. The second-order valence-corrected chi connectivity index (χ2v) is 4.91. The van der Waals surface area contributed by atoms with Gasteiger partial charge in [-0.05, 0) is 35.0 Å². The fourth-order valence-corrected chi connectivity index (χ4v) is 2.39. The van der Waals surface area contributed by atoms with E-state index >= 15 is 0 Å². The van der Waals surface area contributed by atoms with Crippen LogP contribution in [0.2, 0.25) is 5.02 Å². The zero-order valence-electron chi connectivity index (χ0n) is 9.75. The molecule has 0 aliphatic heterocycles. The molecular formula is C12H8BrClF2N2O. The minimum Gasteiger partial charge on any atom is -0.287 e. The van der Waals surface area contributed by atoms with Gasteiger partial charge in [0.2, 0.25) is 5.78 Å². The first-order chi connectivity index (χ1) is 8.97. The van der Waals surface area contributed by atoms with Crippen LogP contribution in [0.1, 0.15) is 23.0 Å². The number of nitrogens with zero attached hydrogens (tertiary/aromatic N) is 2. The maximum absolute atomic E-state index is 13.4. The number of hydrogen-bond acceptors (Lipinski definition) is 2. The first-order valence-corrected chi connectivity index (χ1v) is 6.54. The van der Waals surface area contributed by atoms with Crippen LogP contribution in [0.25, 0.3) is 0 Å². The Balaban J connectivity index is 2.57. The monoisotopic (exact) mass is 348 g/mol. The van der Waals surface area contributed by atoms with Gasteiger partial charge < -0.3 is 0 Å². The highest BCUT2D eigenvalue weighted by atomic mass is 79.9. The number of rotatable bonds is 3. The zero-order chi connectivity index (χ0) is 14.2. The summed E-state index contributed by atoms with van der Waals surface area (Å²) in [5.74, 6) is -2.65. The minimum atomic E-state index is -1.11. The third kappa shape index (κ3) is 2.42. The van der Waals surface area contributed by atoms with E-state index in [0.717, 1.165) is 6.07 Å². The molecule has 0 bridgehead atoms. The number of aryl methyl sites for hydroxylation is 1. The number of hydrogen-bond donors (Lipinski definition) is 0. The van der Waals surface area contributed by atoms with Gasteiger partial charge in [-0.15, -0.1) is 0 Å². The Labute approximate surface area is 121 Å². The van der Waals surface area contributed by atoms with Crippen LogP contribution in [0.4, 0.5) is 8.78 Å². The van der Waals surface area contributed by atoms with Crippen molar-refractivity contribution < 1.29 is 13.6 Å². The van der Waals surface area contributed by atoms with Crippen LogP contribution >= 0.6 is 27.5 Å². The Hall–Kier alpha value is -1.27. The van der Waals surface area contributed by atoms with E-state index in [2.05, 4.69) is 21.0 Å². The number of halogens is 4. The standard InChI is InChI=1S/C12H8BrClF2N2O/c1-2-18-11(7(14)5-17-18)12(19)6-3-4-8(15)10(16)9(6)13/h3-5H,2H2,1H3. The van der Waals surface area contributed by atoms with Gasteiger partial charge in [-0.3, -0.25) is 9.48 Å². The molecule has 0 unspecified atom stereocenters. The molecule has 3 nitrogen and oxygen atoms in total. The van der Waals surface area contributed by atoms with Gasteiger partial charge in [-0.25, -0.2) is 8.78 Å². The summed E-state index contributed by atoms with van der Waals surface area (Å²) in [6, 6.07) is 2.10. The van der Waals surface area contributed by atoms with Gasteiger partial charge in [0.05, 0.1) is 15.7 Å². The lowest BCUT2D eigenvalue weighted by molar-refractivity contribution is 0.102. The molecule has 7 heteroatoms. The molecule has 100 valence electrons. The predicted octanol–water partition coefficient (Wildman–Crippen LogP) is 3.83. The fourth-order valence-electron chi connectivity index (χ4n) is 1.66. The average molecular weight is 350 g/mol. The van der Waals surface area contributed by atoms with Gasteiger partial charge in [0.1, 0.15) is 5.69 Å². The van der Waals surface area contributed by atoms with E-state index in [0.29, 0.717) is 6.54 Å². The lowest BCUT2D eigenvalue weighted by Gasteiger charge is -2.07. The molecule has 2 rings (SSSR count). The van der Waals surface area contributed by atoms with E-state index in [1.807, 2.05) is 0 Å². The summed E-state index contributed by atoms with van der Waals surface area (Å²) >= 11 is 8.78. The highest BCUT2D eigenvalue weighted by Gasteiger charge is 2.23. The van der Waals surface area contributed by atoms with Crippen molar-refractivity contribution in [2.75, 3.05) is 0 Å². The van der Waals surface area contributed by atoms with Crippen molar-refractivity contribution in [1.82, 2.24) is 9.78 Å². The van der Waals surface area contributed by atoms with Crippen molar-refractivity contribution in [1.29, 1.82) is 0 Å². The molecule has 1 heterocycles. The Morgan fingerprint density at radius 3 is 2.79 bits per heavy atom. The maximum Gasteiger partial charge on any atom is 0.213 e. The molecule has 1 aromatic carbocycles. The molecular weight excluding hydrogens is 341 g/mol. The van der Waals surface area contributed by atoms with Crippen LogP contribution in [0.5, 0.6) is 0 Å². The van der Waals surface area contributed by atoms with E-state index in [9.17, 15) is 13.6 Å². The maximum atomic E-state index is 13.4. The third-order valence-corrected chi connectivity index (χ3v) is 3.64. The van der Waals surface area contributed by atoms with E-state index in [1.165, 1.54) is 16.9 Å². The van der Waals surface area contributed by atoms with E-state index < -0.39 is 17.4 Å². The topological polar surface area (TPSA) is 34.9 Å². The normalized spacial score (nSPS) is 10.8. The Morgan fingerprint density at radius 2 is 2.16 bits per heavy atom. The molecule has 19 heavy (non-hydrogen) atoms. The van der Waals surface area contributed by atoms with Gasteiger partial charge in [0.25, 0.3) is 0 Å².